The van der Waals surface area contributed by atoms with Crippen molar-refractivity contribution in [1.82, 2.24) is 14.8 Å². The van der Waals surface area contributed by atoms with E-state index in [0.29, 0.717) is 5.92 Å². The first kappa shape index (κ1) is 23.0. The molecule has 0 aliphatic rings. The summed E-state index contributed by atoms with van der Waals surface area (Å²) in [5, 5.41) is 9.54. The summed E-state index contributed by atoms with van der Waals surface area (Å²) in [5.41, 5.74) is 9.58. The van der Waals surface area contributed by atoms with Gasteiger partial charge in [0.15, 0.2) is 11.6 Å². The van der Waals surface area contributed by atoms with Crippen molar-refractivity contribution in [3.8, 4) is 28.5 Å². The lowest BCUT2D eigenvalue weighted by molar-refractivity contribution is 0.586. The van der Waals surface area contributed by atoms with Gasteiger partial charge in [-0.1, -0.05) is 88.2 Å². The van der Waals surface area contributed by atoms with E-state index in [9.17, 15) is 0 Å². The van der Waals surface area contributed by atoms with Gasteiger partial charge in [0.1, 0.15) is 0 Å². The fourth-order valence-electron chi connectivity index (χ4n) is 4.33. The highest BCUT2D eigenvalue weighted by molar-refractivity contribution is 5.70. The molecule has 0 saturated carbocycles. The topological polar surface area (TPSA) is 30.7 Å². The SMILES string of the molecule is Cc1ccc(C)c(-c2nnc(-c3cccc(C(C)C)c3)n2-c2ccc(C)cc2C(C)(C)C)c1. The summed E-state index contributed by atoms with van der Waals surface area (Å²) < 4.78 is 2.27. The third kappa shape index (κ3) is 4.50. The molecule has 0 bridgehead atoms. The number of aromatic nitrogens is 3. The van der Waals surface area contributed by atoms with Crippen LogP contribution in [0.4, 0.5) is 0 Å². The van der Waals surface area contributed by atoms with Gasteiger partial charge in [0.2, 0.25) is 0 Å². The second kappa shape index (κ2) is 8.62. The van der Waals surface area contributed by atoms with Crippen LogP contribution in [-0.4, -0.2) is 14.8 Å². The Morgan fingerprint density at radius 3 is 2.12 bits per heavy atom. The van der Waals surface area contributed by atoms with Crippen LogP contribution in [0, 0.1) is 20.8 Å². The van der Waals surface area contributed by atoms with E-state index in [-0.39, 0.29) is 5.41 Å². The maximum Gasteiger partial charge on any atom is 0.169 e. The van der Waals surface area contributed by atoms with Crippen molar-refractivity contribution in [1.29, 1.82) is 0 Å². The molecule has 3 heteroatoms. The molecule has 0 unspecified atom stereocenters. The molecule has 0 saturated heterocycles. The Hall–Kier alpha value is -3.20. The van der Waals surface area contributed by atoms with E-state index in [1.807, 2.05) is 0 Å². The Balaban J connectivity index is 2.08. The minimum Gasteiger partial charge on any atom is -0.275 e. The molecule has 0 spiro atoms. The summed E-state index contributed by atoms with van der Waals surface area (Å²) in [5.74, 6) is 2.21. The smallest absolute Gasteiger partial charge is 0.169 e. The van der Waals surface area contributed by atoms with Gasteiger partial charge in [-0.05, 0) is 67.0 Å². The number of hydrogen-bond acceptors (Lipinski definition) is 2. The molecule has 0 amide bonds. The van der Waals surface area contributed by atoms with Crippen LogP contribution >= 0.6 is 0 Å². The predicted octanol–water partition coefficient (Wildman–Crippen LogP) is 7.95. The quantitative estimate of drug-likeness (QED) is 0.324. The van der Waals surface area contributed by atoms with E-state index in [4.69, 9.17) is 10.2 Å². The zero-order valence-electron chi connectivity index (χ0n) is 21.2. The lowest BCUT2D eigenvalue weighted by atomic mass is 9.84. The van der Waals surface area contributed by atoms with E-state index in [1.54, 1.807) is 0 Å². The molecule has 0 N–H and O–H groups in total. The molecule has 3 nitrogen and oxygen atoms in total. The molecule has 33 heavy (non-hydrogen) atoms. The summed E-state index contributed by atoms with van der Waals surface area (Å²) >= 11 is 0. The first-order chi connectivity index (χ1) is 15.6. The minimum absolute atomic E-state index is 0.0262. The van der Waals surface area contributed by atoms with Crippen LogP contribution in [0.5, 0.6) is 0 Å². The maximum atomic E-state index is 4.77. The standard InChI is InChI=1S/C30H35N3/c1-19(2)23-10-9-11-24(18-23)28-31-32-29(25-16-20(3)12-14-22(25)5)33(28)27-15-13-21(4)17-26(27)30(6,7)8/h9-19H,1-8H3. The van der Waals surface area contributed by atoms with Gasteiger partial charge in [0.25, 0.3) is 0 Å². The number of aryl methyl sites for hydroxylation is 3. The first-order valence-electron chi connectivity index (χ1n) is 11.8. The number of hydrogen-bond donors (Lipinski definition) is 0. The Morgan fingerprint density at radius 1 is 0.758 bits per heavy atom. The predicted molar refractivity (Wildman–Crippen MR) is 139 cm³/mol. The van der Waals surface area contributed by atoms with Crippen LogP contribution in [0.2, 0.25) is 0 Å². The van der Waals surface area contributed by atoms with Gasteiger partial charge in [-0.3, -0.25) is 4.57 Å². The van der Waals surface area contributed by atoms with Crippen molar-refractivity contribution in [3.63, 3.8) is 0 Å². The third-order valence-electron chi connectivity index (χ3n) is 6.31. The van der Waals surface area contributed by atoms with Crippen LogP contribution in [0.25, 0.3) is 28.5 Å². The van der Waals surface area contributed by atoms with Crippen LogP contribution in [0.3, 0.4) is 0 Å². The molecule has 170 valence electrons. The normalized spacial score (nSPS) is 11.9. The minimum atomic E-state index is -0.0262. The molecule has 3 aromatic carbocycles. The van der Waals surface area contributed by atoms with Gasteiger partial charge < -0.3 is 0 Å². The molecule has 1 aromatic heterocycles. The van der Waals surface area contributed by atoms with Gasteiger partial charge >= 0.3 is 0 Å². The summed E-state index contributed by atoms with van der Waals surface area (Å²) in [6, 6.07) is 22.0. The lowest BCUT2D eigenvalue weighted by Crippen LogP contribution is -2.16. The van der Waals surface area contributed by atoms with Crippen molar-refractivity contribution in [3.05, 3.63) is 88.5 Å². The van der Waals surface area contributed by atoms with Gasteiger partial charge in [-0.2, -0.15) is 0 Å². The van der Waals surface area contributed by atoms with E-state index in [1.165, 1.54) is 27.8 Å². The van der Waals surface area contributed by atoms with Crippen LogP contribution in [0.15, 0.2) is 60.7 Å². The van der Waals surface area contributed by atoms with Crippen LogP contribution < -0.4 is 0 Å². The molecule has 4 rings (SSSR count). The Kier molecular flexibility index (Phi) is 6.00. The summed E-state index contributed by atoms with van der Waals surface area (Å²) in [7, 11) is 0. The van der Waals surface area contributed by atoms with Gasteiger partial charge in [-0.15, -0.1) is 10.2 Å². The van der Waals surface area contributed by atoms with E-state index < -0.39 is 0 Å². The summed E-state index contributed by atoms with van der Waals surface area (Å²) in [6.07, 6.45) is 0. The molecule has 0 aliphatic carbocycles. The molecule has 1 heterocycles. The molecule has 0 radical (unpaired) electrons. The van der Waals surface area contributed by atoms with Crippen molar-refractivity contribution < 1.29 is 0 Å². The molecule has 4 aromatic rings. The zero-order chi connectivity index (χ0) is 23.9. The van der Waals surface area contributed by atoms with E-state index in [0.717, 1.165) is 28.5 Å². The fraction of sp³-hybridized carbons (Fsp3) is 0.333. The Labute approximate surface area is 198 Å². The largest absolute Gasteiger partial charge is 0.275 e. The number of nitrogens with zero attached hydrogens (tertiary/aromatic N) is 3. The van der Waals surface area contributed by atoms with E-state index >= 15 is 0 Å². The molecular formula is C30H35N3. The zero-order valence-corrected chi connectivity index (χ0v) is 21.2. The molecular weight excluding hydrogens is 402 g/mol. The summed E-state index contributed by atoms with van der Waals surface area (Å²) in [4.78, 5) is 0. The number of rotatable bonds is 4. The number of benzene rings is 3. The monoisotopic (exact) mass is 437 g/mol. The van der Waals surface area contributed by atoms with Crippen LogP contribution in [0.1, 0.15) is 68.4 Å². The second-order valence-electron chi connectivity index (χ2n) is 10.6. The van der Waals surface area contributed by atoms with Crippen molar-refractivity contribution >= 4 is 0 Å². The second-order valence-corrected chi connectivity index (χ2v) is 10.6. The highest BCUT2D eigenvalue weighted by atomic mass is 15.3. The van der Waals surface area contributed by atoms with Crippen molar-refractivity contribution in [2.45, 2.75) is 66.7 Å². The van der Waals surface area contributed by atoms with Gasteiger partial charge in [0, 0.05) is 11.1 Å². The van der Waals surface area contributed by atoms with Crippen LogP contribution in [-0.2, 0) is 5.41 Å². The fourth-order valence-corrected chi connectivity index (χ4v) is 4.33. The Morgan fingerprint density at radius 2 is 1.42 bits per heavy atom. The maximum absolute atomic E-state index is 4.77. The van der Waals surface area contributed by atoms with Crippen molar-refractivity contribution in [2.75, 3.05) is 0 Å². The van der Waals surface area contributed by atoms with E-state index in [2.05, 4.69) is 121 Å². The average molecular weight is 438 g/mol. The molecule has 0 aliphatic heterocycles. The Bertz CT molecular complexity index is 1300. The molecule has 0 atom stereocenters. The highest BCUT2D eigenvalue weighted by Gasteiger charge is 2.25. The van der Waals surface area contributed by atoms with Gasteiger partial charge in [-0.25, -0.2) is 0 Å². The van der Waals surface area contributed by atoms with Crippen molar-refractivity contribution in [2.24, 2.45) is 0 Å². The highest BCUT2D eigenvalue weighted by Crippen LogP contribution is 2.36. The molecule has 0 fully saturated rings. The summed E-state index contributed by atoms with van der Waals surface area (Å²) in [6.45, 7) is 17.7. The third-order valence-corrected chi connectivity index (χ3v) is 6.31. The lowest BCUT2D eigenvalue weighted by Gasteiger charge is -2.25. The average Bonchev–Trinajstić information content (AvgIpc) is 3.19. The first-order valence-corrected chi connectivity index (χ1v) is 11.8. The van der Waals surface area contributed by atoms with Gasteiger partial charge in [0.05, 0.1) is 5.69 Å².